The minimum absolute atomic E-state index is 0.110. The first kappa shape index (κ1) is 18.8. The fraction of sp³-hybridized carbons (Fsp3) is 0.160. The van der Waals surface area contributed by atoms with Crippen molar-refractivity contribution in [2.75, 3.05) is 13.2 Å². The lowest BCUT2D eigenvalue weighted by molar-refractivity contribution is 0.104. The summed E-state index contributed by atoms with van der Waals surface area (Å²) < 4.78 is 17.2. The predicted octanol–water partition coefficient (Wildman–Crippen LogP) is 5.32. The topological polar surface area (TPSA) is 44.8 Å². The molecule has 0 fully saturated rings. The van der Waals surface area contributed by atoms with Crippen LogP contribution in [0.25, 0.3) is 6.08 Å². The molecule has 29 heavy (non-hydrogen) atoms. The number of para-hydroxylation sites is 1. The van der Waals surface area contributed by atoms with Crippen LogP contribution in [0.3, 0.4) is 0 Å². The van der Waals surface area contributed by atoms with E-state index in [0.717, 1.165) is 23.3 Å². The molecule has 0 N–H and O–H groups in total. The fourth-order valence-corrected chi connectivity index (χ4v) is 3.08. The van der Waals surface area contributed by atoms with Crippen molar-refractivity contribution in [3.05, 3.63) is 95.6 Å². The molecule has 0 aliphatic carbocycles. The lowest BCUT2D eigenvalue weighted by atomic mass is 10.1. The van der Waals surface area contributed by atoms with Crippen molar-refractivity contribution in [3.63, 3.8) is 0 Å². The highest BCUT2D eigenvalue weighted by Gasteiger charge is 2.12. The second-order valence-corrected chi connectivity index (χ2v) is 6.72. The molecule has 0 amide bonds. The van der Waals surface area contributed by atoms with Gasteiger partial charge in [0.25, 0.3) is 0 Å². The fourth-order valence-electron chi connectivity index (χ4n) is 3.08. The quantitative estimate of drug-likeness (QED) is 0.425. The normalized spacial score (nSPS) is 13.1. The van der Waals surface area contributed by atoms with E-state index in [9.17, 15) is 4.79 Å². The van der Waals surface area contributed by atoms with E-state index in [-0.39, 0.29) is 5.78 Å². The Morgan fingerprint density at radius 2 is 1.66 bits per heavy atom. The number of benzene rings is 3. The van der Waals surface area contributed by atoms with Gasteiger partial charge in [-0.25, -0.2) is 0 Å². The molecule has 146 valence electrons. The van der Waals surface area contributed by atoms with Crippen LogP contribution in [0.2, 0.25) is 0 Å². The summed E-state index contributed by atoms with van der Waals surface area (Å²) in [5.74, 6) is 1.92. The van der Waals surface area contributed by atoms with Crippen LogP contribution in [0, 0.1) is 0 Å². The van der Waals surface area contributed by atoms with Crippen LogP contribution in [0.5, 0.6) is 17.2 Å². The molecule has 4 heteroatoms. The average Bonchev–Trinajstić information content (AvgIpc) is 3.02. The summed E-state index contributed by atoms with van der Waals surface area (Å²) in [5, 5.41) is 0. The number of fused-ring (bicyclic) bond motifs is 1. The maximum atomic E-state index is 12.8. The van der Waals surface area contributed by atoms with Crippen LogP contribution in [-0.4, -0.2) is 19.0 Å². The van der Waals surface area contributed by atoms with E-state index in [1.54, 1.807) is 18.2 Å². The summed E-state index contributed by atoms with van der Waals surface area (Å²) in [6.07, 6.45) is 4.20. The molecule has 0 aromatic heterocycles. The Hall–Kier alpha value is -3.53. The number of hydrogen-bond donors (Lipinski definition) is 0. The van der Waals surface area contributed by atoms with Gasteiger partial charge in [0.2, 0.25) is 0 Å². The molecule has 1 aliphatic rings. The first-order valence-electron chi connectivity index (χ1n) is 9.67. The minimum atomic E-state index is -0.110. The lowest BCUT2D eigenvalue weighted by Crippen LogP contribution is -2.02. The third-order valence-corrected chi connectivity index (χ3v) is 4.59. The molecule has 4 rings (SSSR count). The smallest absolute Gasteiger partial charge is 0.189 e. The summed E-state index contributed by atoms with van der Waals surface area (Å²) in [5.41, 5.74) is 2.47. The van der Waals surface area contributed by atoms with Crippen molar-refractivity contribution in [2.45, 2.75) is 13.0 Å². The van der Waals surface area contributed by atoms with Crippen molar-refractivity contribution >= 4 is 11.9 Å². The number of carbonyl (C=O) groups is 1. The molecule has 3 aromatic carbocycles. The molecule has 1 aliphatic heterocycles. The van der Waals surface area contributed by atoms with E-state index in [4.69, 9.17) is 14.2 Å². The maximum Gasteiger partial charge on any atom is 0.189 e. The van der Waals surface area contributed by atoms with Gasteiger partial charge in [-0.2, -0.15) is 0 Å². The number of rotatable bonds is 6. The van der Waals surface area contributed by atoms with Gasteiger partial charge in [-0.15, -0.1) is 0 Å². The molecule has 0 radical (unpaired) electrons. The summed E-state index contributed by atoms with van der Waals surface area (Å²) in [7, 11) is 0. The first-order chi connectivity index (χ1) is 14.3. The number of ether oxygens (including phenoxy) is 3. The third kappa shape index (κ3) is 4.85. The molecule has 0 spiro atoms. The summed E-state index contributed by atoms with van der Waals surface area (Å²) in [6.45, 7) is 1.70. The number of ketones is 1. The van der Waals surface area contributed by atoms with Gasteiger partial charge in [0, 0.05) is 6.42 Å². The Balaban J connectivity index is 1.48. The second-order valence-electron chi connectivity index (χ2n) is 6.72. The van der Waals surface area contributed by atoms with Crippen LogP contribution < -0.4 is 14.2 Å². The van der Waals surface area contributed by atoms with Crippen molar-refractivity contribution in [1.82, 2.24) is 0 Å². The van der Waals surface area contributed by atoms with E-state index >= 15 is 0 Å². The van der Waals surface area contributed by atoms with Crippen LogP contribution >= 0.6 is 0 Å². The van der Waals surface area contributed by atoms with Crippen LogP contribution in [-0.2, 0) is 6.61 Å². The molecule has 4 nitrogen and oxygen atoms in total. The highest BCUT2D eigenvalue weighted by atomic mass is 16.5. The van der Waals surface area contributed by atoms with E-state index in [1.807, 2.05) is 66.7 Å². The molecule has 0 atom stereocenters. The standard InChI is InChI=1S/C25H22O4/c26-22(13-11-19-12-14-24-25(17-19)28-16-6-15-27-24)21-9-4-5-10-23(21)29-18-20-7-2-1-3-8-20/h1-5,7-14,17H,6,15-16,18H2. The monoisotopic (exact) mass is 386 g/mol. The Morgan fingerprint density at radius 1 is 0.897 bits per heavy atom. The zero-order valence-corrected chi connectivity index (χ0v) is 16.0. The van der Waals surface area contributed by atoms with Gasteiger partial charge in [-0.3, -0.25) is 4.79 Å². The first-order valence-corrected chi connectivity index (χ1v) is 9.67. The van der Waals surface area contributed by atoms with E-state index in [0.29, 0.717) is 36.9 Å². The highest BCUT2D eigenvalue weighted by Crippen LogP contribution is 2.31. The Bertz CT molecular complexity index is 1010. The van der Waals surface area contributed by atoms with Gasteiger partial charge in [0.15, 0.2) is 17.3 Å². The SMILES string of the molecule is O=C(C=Cc1ccc2c(c1)OCCCO2)c1ccccc1OCc1ccccc1. The summed E-state index contributed by atoms with van der Waals surface area (Å²) >= 11 is 0. The van der Waals surface area contributed by atoms with E-state index in [2.05, 4.69) is 0 Å². The van der Waals surface area contributed by atoms with Crippen molar-refractivity contribution < 1.29 is 19.0 Å². The molecule has 1 heterocycles. The van der Waals surface area contributed by atoms with Crippen LogP contribution in [0.15, 0.2) is 78.9 Å². The largest absolute Gasteiger partial charge is 0.490 e. The zero-order valence-electron chi connectivity index (χ0n) is 16.0. The number of carbonyl (C=O) groups excluding carboxylic acids is 1. The Kier molecular flexibility index (Phi) is 5.91. The van der Waals surface area contributed by atoms with Gasteiger partial charge in [-0.1, -0.05) is 54.6 Å². The predicted molar refractivity (Wildman–Crippen MR) is 113 cm³/mol. The molecule has 0 bridgehead atoms. The van der Waals surface area contributed by atoms with Crippen molar-refractivity contribution in [1.29, 1.82) is 0 Å². The zero-order chi connectivity index (χ0) is 19.9. The summed E-state index contributed by atoms with van der Waals surface area (Å²) in [6, 6.07) is 22.9. The molecule has 0 saturated heterocycles. The Morgan fingerprint density at radius 3 is 2.52 bits per heavy atom. The third-order valence-electron chi connectivity index (χ3n) is 4.59. The van der Waals surface area contributed by atoms with Crippen molar-refractivity contribution in [2.24, 2.45) is 0 Å². The van der Waals surface area contributed by atoms with E-state index in [1.165, 1.54) is 0 Å². The molecular formula is C25H22O4. The minimum Gasteiger partial charge on any atom is -0.490 e. The lowest BCUT2D eigenvalue weighted by Gasteiger charge is -2.10. The maximum absolute atomic E-state index is 12.8. The van der Waals surface area contributed by atoms with Gasteiger partial charge < -0.3 is 14.2 Å². The average molecular weight is 386 g/mol. The second kappa shape index (κ2) is 9.11. The molecular weight excluding hydrogens is 364 g/mol. The summed E-state index contributed by atoms with van der Waals surface area (Å²) in [4.78, 5) is 12.8. The van der Waals surface area contributed by atoms with Gasteiger partial charge >= 0.3 is 0 Å². The number of allylic oxidation sites excluding steroid dienone is 1. The van der Waals surface area contributed by atoms with Gasteiger partial charge in [-0.05, 0) is 41.5 Å². The van der Waals surface area contributed by atoms with Crippen LogP contribution in [0.1, 0.15) is 27.9 Å². The van der Waals surface area contributed by atoms with E-state index < -0.39 is 0 Å². The Labute approximate surface area is 170 Å². The van der Waals surface area contributed by atoms with Crippen molar-refractivity contribution in [3.8, 4) is 17.2 Å². The van der Waals surface area contributed by atoms with Gasteiger partial charge in [0.05, 0.1) is 18.8 Å². The molecule has 0 unspecified atom stereocenters. The van der Waals surface area contributed by atoms with Gasteiger partial charge in [0.1, 0.15) is 12.4 Å². The molecule has 3 aromatic rings. The highest BCUT2D eigenvalue weighted by molar-refractivity contribution is 6.08. The number of hydrogen-bond acceptors (Lipinski definition) is 4. The van der Waals surface area contributed by atoms with Crippen LogP contribution in [0.4, 0.5) is 0 Å². The molecule has 0 saturated carbocycles.